The van der Waals surface area contributed by atoms with Crippen molar-refractivity contribution in [3.8, 4) is 5.69 Å². The molecular formula is C15H11FN4O3S. The highest BCUT2D eigenvalue weighted by Crippen LogP contribution is 2.21. The molecule has 0 radical (unpaired) electrons. The zero-order valence-electron chi connectivity index (χ0n) is 12.2. The molecule has 0 aliphatic rings. The summed E-state index contributed by atoms with van der Waals surface area (Å²) >= 11 is 1.03. The molecule has 9 heteroatoms. The number of aromatic nitrogens is 3. The van der Waals surface area contributed by atoms with Crippen molar-refractivity contribution in [2.45, 2.75) is 5.16 Å². The molecule has 0 aliphatic carbocycles. The van der Waals surface area contributed by atoms with Crippen LogP contribution in [0.25, 0.3) is 5.69 Å². The standard InChI is InChI=1S/C15H11FN4O3S/c16-10-4-1-2-5-11(10)20-9-17-19-15(20)24-8-13(21)18-14(22)12-6-3-7-23-12/h1-7,9H,8H2,(H,18,21,22). The highest BCUT2D eigenvalue weighted by Gasteiger charge is 2.15. The summed E-state index contributed by atoms with van der Waals surface area (Å²) in [6, 6.07) is 9.14. The molecule has 3 rings (SSSR count). The van der Waals surface area contributed by atoms with Crippen molar-refractivity contribution in [3.63, 3.8) is 0 Å². The Labute approximate surface area is 139 Å². The summed E-state index contributed by atoms with van der Waals surface area (Å²) in [6.07, 6.45) is 2.69. The predicted octanol–water partition coefficient (Wildman–Crippen LogP) is 2.05. The van der Waals surface area contributed by atoms with Gasteiger partial charge in [0.05, 0.1) is 17.7 Å². The van der Waals surface area contributed by atoms with Gasteiger partial charge in [0.15, 0.2) is 10.9 Å². The van der Waals surface area contributed by atoms with Crippen LogP contribution in [0.4, 0.5) is 4.39 Å². The van der Waals surface area contributed by atoms with Gasteiger partial charge in [0.2, 0.25) is 5.91 Å². The number of thioether (sulfide) groups is 1. The number of halogens is 1. The molecule has 0 atom stereocenters. The van der Waals surface area contributed by atoms with E-state index < -0.39 is 17.6 Å². The van der Waals surface area contributed by atoms with Crippen LogP contribution in [0.15, 0.2) is 58.6 Å². The number of carbonyl (C=O) groups excluding carboxylic acids is 2. The molecule has 3 aromatic rings. The zero-order chi connectivity index (χ0) is 16.9. The molecule has 0 bridgehead atoms. The fourth-order valence-electron chi connectivity index (χ4n) is 1.90. The van der Waals surface area contributed by atoms with E-state index in [2.05, 4.69) is 15.5 Å². The van der Waals surface area contributed by atoms with Crippen molar-refractivity contribution < 1.29 is 18.4 Å². The molecule has 1 N–H and O–H groups in total. The van der Waals surface area contributed by atoms with E-state index in [1.54, 1.807) is 24.3 Å². The number of imide groups is 1. The first-order chi connectivity index (χ1) is 11.6. The first-order valence-corrected chi connectivity index (χ1v) is 7.79. The third-order valence-electron chi connectivity index (χ3n) is 2.96. The van der Waals surface area contributed by atoms with Crippen LogP contribution in [0, 0.1) is 5.82 Å². The minimum absolute atomic E-state index is 0.0443. The fraction of sp³-hybridized carbons (Fsp3) is 0.0667. The number of hydrogen-bond acceptors (Lipinski definition) is 6. The summed E-state index contributed by atoms with van der Waals surface area (Å²) < 4.78 is 20.2. The molecule has 2 heterocycles. The van der Waals surface area contributed by atoms with E-state index in [-0.39, 0.29) is 17.2 Å². The number of amides is 2. The van der Waals surface area contributed by atoms with Gasteiger partial charge in [-0.1, -0.05) is 23.9 Å². The quantitative estimate of drug-likeness (QED) is 0.711. The summed E-state index contributed by atoms with van der Waals surface area (Å²) in [4.78, 5) is 23.5. The molecule has 2 amide bonds. The minimum Gasteiger partial charge on any atom is -0.459 e. The Morgan fingerprint density at radius 3 is 2.83 bits per heavy atom. The normalized spacial score (nSPS) is 10.5. The lowest BCUT2D eigenvalue weighted by atomic mass is 10.3. The smallest absolute Gasteiger partial charge is 0.293 e. The molecule has 122 valence electrons. The van der Waals surface area contributed by atoms with Crippen molar-refractivity contribution in [2.24, 2.45) is 0 Å². The monoisotopic (exact) mass is 346 g/mol. The summed E-state index contributed by atoms with van der Waals surface area (Å²) in [5.74, 6) is -1.62. The molecule has 0 fully saturated rings. The molecule has 0 saturated carbocycles. The summed E-state index contributed by atoms with van der Waals surface area (Å²) in [5.41, 5.74) is 0.275. The van der Waals surface area contributed by atoms with Gasteiger partial charge in [-0.2, -0.15) is 0 Å². The van der Waals surface area contributed by atoms with E-state index in [0.29, 0.717) is 5.16 Å². The summed E-state index contributed by atoms with van der Waals surface area (Å²) in [5, 5.41) is 10.1. The molecule has 2 aromatic heterocycles. The Kier molecular flexibility index (Phi) is 4.71. The zero-order valence-corrected chi connectivity index (χ0v) is 13.0. The summed E-state index contributed by atoms with van der Waals surface area (Å²) in [7, 11) is 0. The maximum atomic E-state index is 13.8. The van der Waals surface area contributed by atoms with Gasteiger partial charge in [0, 0.05) is 0 Å². The number of benzene rings is 1. The highest BCUT2D eigenvalue weighted by molar-refractivity contribution is 7.99. The first kappa shape index (κ1) is 15.9. The van der Waals surface area contributed by atoms with E-state index in [1.807, 2.05) is 0 Å². The first-order valence-electron chi connectivity index (χ1n) is 6.80. The van der Waals surface area contributed by atoms with E-state index in [9.17, 15) is 14.0 Å². The molecule has 0 saturated heterocycles. The summed E-state index contributed by atoms with van der Waals surface area (Å²) in [6.45, 7) is 0. The highest BCUT2D eigenvalue weighted by atomic mass is 32.2. The van der Waals surface area contributed by atoms with Crippen LogP contribution in [-0.4, -0.2) is 32.3 Å². The van der Waals surface area contributed by atoms with Crippen molar-refractivity contribution in [1.82, 2.24) is 20.1 Å². The molecule has 0 unspecified atom stereocenters. The number of nitrogens with zero attached hydrogens (tertiary/aromatic N) is 3. The van der Waals surface area contributed by atoms with Crippen LogP contribution in [0.2, 0.25) is 0 Å². The maximum absolute atomic E-state index is 13.8. The van der Waals surface area contributed by atoms with Crippen LogP contribution in [0.5, 0.6) is 0 Å². The van der Waals surface area contributed by atoms with E-state index in [1.165, 1.54) is 29.3 Å². The van der Waals surface area contributed by atoms with Crippen LogP contribution in [0.1, 0.15) is 10.6 Å². The number of hydrogen-bond donors (Lipinski definition) is 1. The second-order valence-corrected chi connectivity index (χ2v) is 5.52. The van der Waals surface area contributed by atoms with Gasteiger partial charge in [0.1, 0.15) is 12.1 Å². The van der Waals surface area contributed by atoms with Crippen molar-refractivity contribution in [3.05, 3.63) is 60.6 Å². The molecule has 1 aromatic carbocycles. The van der Waals surface area contributed by atoms with Gasteiger partial charge in [-0.15, -0.1) is 10.2 Å². The molecular weight excluding hydrogens is 335 g/mol. The average molecular weight is 346 g/mol. The SMILES string of the molecule is O=C(CSc1nncn1-c1ccccc1F)NC(=O)c1ccco1. The molecule has 0 spiro atoms. The van der Waals surface area contributed by atoms with Crippen LogP contribution >= 0.6 is 11.8 Å². The lowest BCUT2D eigenvalue weighted by Gasteiger charge is -2.07. The Morgan fingerprint density at radius 1 is 1.25 bits per heavy atom. The Balaban J connectivity index is 1.64. The fourth-order valence-corrected chi connectivity index (χ4v) is 2.62. The lowest BCUT2D eigenvalue weighted by molar-refractivity contribution is -0.117. The Hall–Kier alpha value is -2.94. The molecule has 0 aliphatic heterocycles. The van der Waals surface area contributed by atoms with E-state index in [4.69, 9.17) is 4.42 Å². The minimum atomic E-state index is -0.624. The van der Waals surface area contributed by atoms with Gasteiger partial charge >= 0.3 is 0 Å². The van der Waals surface area contributed by atoms with Crippen molar-refractivity contribution >= 4 is 23.6 Å². The van der Waals surface area contributed by atoms with Crippen LogP contribution in [-0.2, 0) is 4.79 Å². The lowest BCUT2D eigenvalue weighted by Crippen LogP contribution is -2.31. The van der Waals surface area contributed by atoms with Crippen LogP contribution in [0.3, 0.4) is 0 Å². The third kappa shape index (κ3) is 3.51. The predicted molar refractivity (Wildman–Crippen MR) is 83.2 cm³/mol. The van der Waals surface area contributed by atoms with E-state index >= 15 is 0 Å². The Bertz CT molecular complexity index is 863. The topological polar surface area (TPSA) is 90.0 Å². The van der Waals surface area contributed by atoms with Gasteiger partial charge in [-0.3, -0.25) is 19.5 Å². The van der Waals surface area contributed by atoms with Crippen LogP contribution < -0.4 is 5.32 Å². The Morgan fingerprint density at radius 2 is 2.08 bits per heavy atom. The number of furan rings is 1. The molecule has 24 heavy (non-hydrogen) atoms. The van der Waals surface area contributed by atoms with Gasteiger partial charge < -0.3 is 4.42 Å². The number of rotatable bonds is 5. The van der Waals surface area contributed by atoms with E-state index in [0.717, 1.165) is 11.8 Å². The number of nitrogens with one attached hydrogen (secondary N) is 1. The average Bonchev–Trinajstić information content (AvgIpc) is 3.25. The van der Waals surface area contributed by atoms with Gasteiger partial charge in [-0.25, -0.2) is 4.39 Å². The second-order valence-electron chi connectivity index (χ2n) is 4.58. The van der Waals surface area contributed by atoms with Gasteiger partial charge in [-0.05, 0) is 24.3 Å². The largest absolute Gasteiger partial charge is 0.459 e. The number of carbonyl (C=O) groups is 2. The van der Waals surface area contributed by atoms with Crippen molar-refractivity contribution in [1.29, 1.82) is 0 Å². The second kappa shape index (κ2) is 7.09. The molecule has 7 nitrogen and oxygen atoms in total. The third-order valence-corrected chi connectivity index (χ3v) is 3.90. The van der Waals surface area contributed by atoms with Gasteiger partial charge in [0.25, 0.3) is 5.91 Å². The maximum Gasteiger partial charge on any atom is 0.293 e. The van der Waals surface area contributed by atoms with Crippen molar-refractivity contribution in [2.75, 3.05) is 5.75 Å². The number of para-hydroxylation sites is 1.